The lowest BCUT2D eigenvalue weighted by Crippen LogP contribution is -2.15. The van der Waals surface area contributed by atoms with Crippen molar-refractivity contribution >= 4 is 5.97 Å². The van der Waals surface area contributed by atoms with Crippen LogP contribution in [0.15, 0.2) is 12.3 Å². The number of hydrogen-bond acceptors (Lipinski definition) is 3. The summed E-state index contributed by atoms with van der Waals surface area (Å²) in [5.41, 5.74) is 0. The molecule has 1 rings (SSSR count). The third-order valence-corrected chi connectivity index (χ3v) is 1.27. The van der Waals surface area contributed by atoms with Crippen LogP contribution < -0.4 is 0 Å². The third kappa shape index (κ3) is 1.50. The lowest BCUT2D eigenvalue weighted by atomic mass is 10.3. The minimum atomic E-state index is -0.365. The first-order valence-corrected chi connectivity index (χ1v) is 3.28. The van der Waals surface area contributed by atoms with Crippen LogP contribution in [-0.4, -0.2) is 18.7 Å². The summed E-state index contributed by atoms with van der Waals surface area (Å²) >= 11 is 0. The number of ether oxygens (including phenoxy) is 2. The molecule has 0 aliphatic carbocycles. The summed E-state index contributed by atoms with van der Waals surface area (Å²) in [6, 6.07) is 0. The molecular formula is C7H10O3. The Labute approximate surface area is 59.6 Å². The zero-order valence-electron chi connectivity index (χ0n) is 5.87. The largest absolute Gasteiger partial charge is 0.487 e. The Morgan fingerprint density at radius 2 is 2.60 bits per heavy atom. The van der Waals surface area contributed by atoms with Gasteiger partial charge in [0.1, 0.15) is 0 Å². The molecule has 3 heteroatoms. The van der Waals surface area contributed by atoms with Crippen molar-refractivity contribution in [3.05, 3.63) is 12.3 Å². The van der Waals surface area contributed by atoms with Gasteiger partial charge in [0.2, 0.25) is 0 Å². The van der Waals surface area contributed by atoms with Crippen LogP contribution in [0.1, 0.15) is 13.3 Å². The summed E-state index contributed by atoms with van der Waals surface area (Å²) in [5, 5.41) is 0. The maximum absolute atomic E-state index is 10.7. The van der Waals surface area contributed by atoms with Gasteiger partial charge in [-0.25, -0.2) is 4.79 Å². The summed E-state index contributed by atoms with van der Waals surface area (Å²) in [6.45, 7) is 2.32. The number of allylic oxidation sites excluding steroid dienone is 1. The van der Waals surface area contributed by atoms with Gasteiger partial charge in [-0.3, -0.25) is 0 Å². The number of esters is 1. The molecule has 0 aromatic carbocycles. The summed E-state index contributed by atoms with van der Waals surface area (Å²) in [6.07, 6.45) is 3.56. The average Bonchev–Trinajstić information content (AvgIpc) is 2.31. The van der Waals surface area contributed by atoms with Gasteiger partial charge in [0.05, 0.1) is 12.9 Å². The van der Waals surface area contributed by atoms with Crippen molar-refractivity contribution in [1.29, 1.82) is 0 Å². The zero-order valence-corrected chi connectivity index (χ0v) is 5.87. The highest BCUT2D eigenvalue weighted by Gasteiger charge is 2.26. The van der Waals surface area contributed by atoms with E-state index in [1.165, 1.54) is 6.26 Å². The third-order valence-electron chi connectivity index (χ3n) is 1.27. The first-order chi connectivity index (χ1) is 4.84. The molecular weight excluding hydrogens is 132 g/mol. The summed E-state index contributed by atoms with van der Waals surface area (Å²) in [7, 11) is 0. The molecule has 1 aliphatic heterocycles. The van der Waals surface area contributed by atoms with Crippen molar-refractivity contribution in [1.82, 2.24) is 0 Å². The molecule has 1 unspecified atom stereocenters. The van der Waals surface area contributed by atoms with Crippen LogP contribution in [0.25, 0.3) is 0 Å². The molecule has 0 N–H and O–H groups in total. The molecule has 0 aromatic rings. The highest BCUT2D eigenvalue weighted by Crippen LogP contribution is 2.09. The van der Waals surface area contributed by atoms with Crippen LogP contribution in [0, 0.1) is 0 Å². The number of hydrogen-bond donors (Lipinski definition) is 0. The van der Waals surface area contributed by atoms with Gasteiger partial charge in [-0.05, 0) is 6.92 Å². The molecule has 0 radical (unpaired) electrons. The topological polar surface area (TPSA) is 35.5 Å². The summed E-state index contributed by atoms with van der Waals surface area (Å²) in [5.74, 6) is -0.252. The first kappa shape index (κ1) is 7.12. The zero-order chi connectivity index (χ0) is 7.40. The normalized spacial score (nSPS) is 25.3. The second-order valence-electron chi connectivity index (χ2n) is 2.05. The van der Waals surface area contributed by atoms with E-state index in [0.717, 1.165) is 0 Å². The molecule has 56 valence electrons. The quantitative estimate of drug-likeness (QED) is 0.423. The number of cyclic esters (lactones) is 1. The van der Waals surface area contributed by atoms with E-state index < -0.39 is 0 Å². The van der Waals surface area contributed by atoms with E-state index in [1.54, 1.807) is 6.08 Å². The van der Waals surface area contributed by atoms with Gasteiger partial charge in [0.15, 0.2) is 6.10 Å². The fraction of sp³-hybridized carbons (Fsp3) is 0.571. The predicted octanol–water partition coefficient (Wildman–Crippen LogP) is 0.852. The standard InChI is InChI=1S/C7H10O3/c1-2-4-9-6-3-5-10-7(6)8/h2,4,6H,3,5H2,1H3. The Kier molecular flexibility index (Phi) is 2.31. The fourth-order valence-electron chi connectivity index (χ4n) is 0.774. The van der Waals surface area contributed by atoms with E-state index in [0.29, 0.717) is 13.0 Å². The highest BCUT2D eigenvalue weighted by molar-refractivity contribution is 5.76. The lowest BCUT2D eigenvalue weighted by Gasteiger charge is -2.02. The Balaban J connectivity index is 2.33. The van der Waals surface area contributed by atoms with Crippen LogP contribution in [-0.2, 0) is 14.3 Å². The maximum atomic E-state index is 10.7. The van der Waals surface area contributed by atoms with Gasteiger partial charge < -0.3 is 9.47 Å². The Hall–Kier alpha value is -0.990. The highest BCUT2D eigenvalue weighted by atomic mass is 16.6. The van der Waals surface area contributed by atoms with Gasteiger partial charge in [-0.1, -0.05) is 6.08 Å². The van der Waals surface area contributed by atoms with Gasteiger partial charge in [-0.15, -0.1) is 0 Å². The molecule has 0 spiro atoms. The molecule has 0 saturated carbocycles. The number of carbonyl (C=O) groups excluding carboxylic acids is 1. The molecule has 1 saturated heterocycles. The van der Waals surface area contributed by atoms with Crippen molar-refractivity contribution in [2.75, 3.05) is 6.61 Å². The van der Waals surface area contributed by atoms with E-state index in [9.17, 15) is 4.79 Å². The van der Waals surface area contributed by atoms with Crippen molar-refractivity contribution in [2.24, 2.45) is 0 Å². The van der Waals surface area contributed by atoms with Crippen LogP contribution in [0.2, 0.25) is 0 Å². The Bertz CT molecular complexity index is 151. The first-order valence-electron chi connectivity index (χ1n) is 3.28. The number of rotatable bonds is 2. The van der Waals surface area contributed by atoms with Gasteiger partial charge in [0, 0.05) is 6.42 Å². The van der Waals surface area contributed by atoms with E-state index in [-0.39, 0.29) is 12.1 Å². The second kappa shape index (κ2) is 3.25. The molecule has 3 nitrogen and oxygen atoms in total. The van der Waals surface area contributed by atoms with Crippen LogP contribution >= 0.6 is 0 Å². The van der Waals surface area contributed by atoms with Crippen LogP contribution in [0.5, 0.6) is 0 Å². The summed E-state index contributed by atoms with van der Waals surface area (Å²) in [4.78, 5) is 10.7. The van der Waals surface area contributed by atoms with E-state index in [1.807, 2.05) is 6.92 Å². The molecule has 10 heavy (non-hydrogen) atoms. The van der Waals surface area contributed by atoms with E-state index >= 15 is 0 Å². The van der Waals surface area contributed by atoms with Gasteiger partial charge in [0.25, 0.3) is 0 Å². The monoisotopic (exact) mass is 142 g/mol. The molecule has 0 bridgehead atoms. The molecule has 1 aliphatic rings. The van der Waals surface area contributed by atoms with Crippen molar-refractivity contribution in [3.63, 3.8) is 0 Å². The minimum absolute atomic E-state index is 0.252. The smallest absolute Gasteiger partial charge is 0.347 e. The number of carbonyl (C=O) groups is 1. The predicted molar refractivity (Wildman–Crippen MR) is 35.3 cm³/mol. The van der Waals surface area contributed by atoms with Crippen molar-refractivity contribution < 1.29 is 14.3 Å². The van der Waals surface area contributed by atoms with Crippen molar-refractivity contribution in [3.8, 4) is 0 Å². The van der Waals surface area contributed by atoms with E-state index in [4.69, 9.17) is 4.74 Å². The molecule has 1 atom stereocenters. The van der Waals surface area contributed by atoms with Crippen LogP contribution in [0.3, 0.4) is 0 Å². The molecule has 0 amide bonds. The molecule has 1 fully saturated rings. The van der Waals surface area contributed by atoms with Gasteiger partial charge in [-0.2, -0.15) is 0 Å². The fourth-order valence-corrected chi connectivity index (χ4v) is 0.774. The SMILES string of the molecule is CC=COC1CCOC1=O. The van der Waals surface area contributed by atoms with Gasteiger partial charge >= 0.3 is 5.97 Å². The summed E-state index contributed by atoms with van der Waals surface area (Å²) < 4.78 is 9.67. The molecule has 0 aromatic heterocycles. The molecule has 1 heterocycles. The van der Waals surface area contributed by atoms with E-state index in [2.05, 4.69) is 4.74 Å². The average molecular weight is 142 g/mol. The maximum Gasteiger partial charge on any atom is 0.347 e. The van der Waals surface area contributed by atoms with Crippen LogP contribution in [0.4, 0.5) is 0 Å². The Morgan fingerprint density at radius 3 is 3.10 bits per heavy atom. The second-order valence-corrected chi connectivity index (χ2v) is 2.05. The Morgan fingerprint density at radius 1 is 1.80 bits per heavy atom. The lowest BCUT2D eigenvalue weighted by molar-refractivity contribution is -0.144. The van der Waals surface area contributed by atoms with Crippen molar-refractivity contribution in [2.45, 2.75) is 19.4 Å². The minimum Gasteiger partial charge on any atom is -0.487 e.